The molecule has 0 aliphatic heterocycles. The standard InChI is InChI=1S/C12H15N/c1-4-12(3,13-5-2)11-9-7-6-8-10-11/h4-10H,1H2,2-3H3/b13-5-. The van der Waals surface area contributed by atoms with E-state index >= 15 is 0 Å². The summed E-state index contributed by atoms with van der Waals surface area (Å²) in [6, 6.07) is 10.2. The summed E-state index contributed by atoms with van der Waals surface area (Å²) in [6.07, 6.45) is 3.68. The van der Waals surface area contributed by atoms with Gasteiger partial charge in [-0.05, 0) is 25.6 Å². The van der Waals surface area contributed by atoms with Gasteiger partial charge >= 0.3 is 0 Å². The molecule has 13 heavy (non-hydrogen) atoms. The van der Waals surface area contributed by atoms with Crippen LogP contribution in [0.2, 0.25) is 0 Å². The third kappa shape index (κ3) is 2.05. The molecular weight excluding hydrogens is 158 g/mol. The number of benzene rings is 1. The van der Waals surface area contributed by atoms with Crippen molar-refractivity contribution in [1.82, 2.24) is 0 Å². The SMILES string of the molecule is C=CC(C)(/N=C\C)c1ccccc1. The summed E-state index contributed by atoms with van der Waals surface area (Å²) < 4.78 is 0. The fourth-order valence-electron chi connectivity index (χ4n) is 1.29. The normalized spacial score (nSPS) is 15.5. The Labute approximate surface area is 79.8 Å². The summed E-state index contributed by atoms with van der Waals surface area (Å²) in [6.45, 7) is 7.79. The highest BCUT2D eigenvalue weighted by Gasteiger charge is 2.19. The number of hydrogen-bond acceptors (Lipinski definition) is 1. The lowest BCUT2D eigenvalue weighted by atomic mass is 9.93. The van der Waals surface area contributed by atoms with Gasteiger partial charge in [0, 0.05) is 0 Å². The van der Waals surface area contributed by atoms with Gasteiger partial charge in [-0.1, -0.05) is 36.4 Å². The Kier molecular flexibility index (Phi) is 3.02. The van der Waals surface area contributed by atoms with Crippen molar-refractivity contribution in [2.45, 2.75) is 19.4 Å². The van der Waals surface area contributed by atoms with Crippen molar-refractivity contribution in [3.05, 3.63) is 48.6 Å². The van der Waals surface area contributed by atoms with Crippen molar-refractivity contribution >= 4 is 6.21 Å². The highest BCUT2D eigenvalue weighted by atomic mass is 14.8. The molecule has 1 rings (SSSR count). The van der Waals surface area contributed by atoms with E-state index in [2.05, 4.69) is 30.6 Å². The Morgan fingerprint density at radius 3 is 2.38 bits per heavy atom. The van der Waals surface area contributed by atoms with Crippen LogP contribution >= 0.6 is 0 Å². The zero-order chi connectivity index (χ0) is 9.73. The summed E-state index contributed by atoms with van der Waals surface area (Å²) >= 11 is 0. The van der Waals surface area contributed by atoms with Crippen molar-refractivity contribution in [2.24, 2.45) is 4.99 Å². The summed E-state index contributed by atoms with van der Waals surface area (Å²) in [5.41, 5.74) is 0.888. The van der Waals surface area contributed by atoms with Crippen LogP contribution in [0.25, 0.3) is 0 Å². The van der Waals surface area contributed by atoms with E-state index in [9.17, 15) is 0 Å². The number of hydrogen-bond donors (Lipinski definition) is 0. The number of rotatable bonds is 3. The van der Waals surface area contributed by atoms with Crippen LogP contribution in [0.4, 0.5) is 0 Å². The molecule has 1 unspecified atom stereocenters. The summed E-state index contributed by atoms with van der Waals surface area (Å²) in [7, 11) is 0. The van der Waals surface area contributed by atoms with E-state index in [0.29, 0.717) is 0 Å². The van der Waals surface area contributed by atoms with E-state index in [0.717, 1.165) is 0 Å². The maximum Gasteiger partial charge on any atom is 0.100 e. The molecule has 0 spiro atoms. The molecule has 0 heterocycles. The molecular formula is C12H15N. The molecule has 0 aromatic heterocycles. The van der Waals surface area contributed by atoms with Crippen LogP contribution < -0.4 is 0 Å². The molecule has 0 saturated carbocycles. The van der Waals surface area contributed by atoms with Gasteiger partial charge in [-0.25, -0.2) is 0 Å². The average Bonchev–Trinajstić information content (AvgIpc) is 2.19. The van der Waals surface area contributed by atoms with E-state index in [4.69, 9.17) is 0 Å². The molecule has 0 amide bonds. The van der Waals surface area contributed by atoms with Crippen LogP contribution in [0, 0.1) is 0 Å². The van der Waals surface area contributed by atoms with Gasteiger partial charge in [-0.3, -0.25) is 4.99 Å². The Hall–Kier alpha value is -1.37. The molecule has 0 aliphatic carbocycles. The fourth-order valence-corrected chi connectivity index (χ4v) is 1.29. The molecule has 0 bridgehead atoms. The highest BCUT2D eigenvalue weighted by molar-refractivity contribution is 5.55. The third-order valence-electron chi connectivity index (χ3n) is 2.15. The largest absolute Gasteiger partial charge is 0.283 e. The molecule has 0 saturated heterocycles. The number of aliphatic imine (C=N–C) groups is 1. The van der Waals surface area contributed by atoms with Gasteiger partial charge in [0.1, 0.15) is 5.54 Å². The van der Waals surface area contributed by atoms with E-state index in [1.165, 1.54) is 5.56 Å². The zero-order valence-corrected chi connectivity index (χ0v) is 8.20. The lowest BCUT2D eigenvalue weighted by Crippen LogP contribution is -2.15. The minimum Gasteiger partial charge on any atom is -0.283 e. The quantitative estimate of drug-likeness (QED) is 0.491. The second-order valence-corrected chi connectivity index (χ2v) is 3.10. The van der Waals surface area contributed by atoms with Crippen molar-refractivity contribution in [3.8, 4) is 0 Å². The van der Waals surface area contributed by atoms with Gasteiger partial charge in [0.2, 0.25) is 0 Å². The Bertz CT molecular complexity index is 300. The average molecular weight is 173 g/mol. The lowest BCUT2D eigenvalue weighted by Gasteiger charge is -2.20. The van der Waals surface area contributed by atoms with Gasteiger partial charge in [0.15, 0.2) is 0 Å². The van der Waals surface area contributed by atoms with E-state index in [-0.39, 0.29) is 5.54 Å². The van der Waals surface area contributed by atoms with Gasteiger partial charge in [0.25, 0.3) is 0 Å². The summed E-state index contributed by atoms with van der Waals surface area (Å²) in [5.74, 6) is 0. The van der Waals surface area contributed by atoms with Crippen LogP contribution in [0.5, 0.6) is 0 Å². The van der Waals surface area contributed by atoms with Crippen LogP contribution in [0.15, 0.2) is 48.0 Å². The van der Waals surface area contributed by atoms with E-state index < -0.39 is 0 Å². The van der Waals surface area contributed by atoms with Crippen LogP contribution in [-0.2, 0) is 5.54 Å². The zero-order valence-electron chi connectivity index (χ0n) is 8.20. The molecule has 1 nitrogen and oxygen atoms in total. The lowest BCUT2D eigenvalue weighted by molar-refractivity contribution is 0.638. The Morgan fingerprint density at radius 2 is 1.92 bits per heavy atom. The number of nitrogens with zero attached hydrogens (tertiary/aromatic N) is 1. The first-order valence-electron chi connectivity index (χ1n) is 4.42. The molecule has 1 atom stereocenters. The van der Waals surface area contributed by atoms with Crippen molar-refractivity contribution in [2.75, 3.05) is 0 Å². The second-order valence-electron chi connectivity index (χ2n) is 3.10. The molecule has 1 heteroatoms. The smallest absolute Gasteiger partial charge is 0.100 e. The molecule has 1 aromatic rings. The summed E-state index contributed by atoms with van der Waals surface area (Å²) in [5, 5.41) is 0. The van der Waals surface area contributed by atoms with E-state index in [1.54, 1.807) is 0 Å². The maximum absolute atomic E-state index is 4.40. The Balaban J connectivity index is 3.10. The van der Waals surface area contributed by atoms with Crippen molar-refractivity contribution in [3.63, 3.8) is 0 Å². The maximum atomic E-state index is 4.40. The van der Waals surface area contributed by atoms with Gasteiger partial charge < -0.3 is 0 Å². The summed E-state index contributed by atoms with van der Waals surface area (Å²) in [4.78, 5) is 4.40. The third-order valence-corrected chi connectivity index (χ3v) is 2.15. The highest BCUT2D eigenvalue weighted by Crippen LogP contribution is 2.25. The van der Waals surface area contributed by atoms with Gasteiger partial charge in [0.05, 0.1) is 0 Å². The molecule has 0 radical (unpaired) electrons. The topological polar surface area (TPSA) is 12.4 Å². The van der Waals surface area contributed by atoms with E-state index in [1.807, 2.05) is 37.4 Å². The Morgan fingerprint density at radius 1 is 1.31 bits per heavy atom. The molecule has 0 aliphatic rings. The first kappa shape index (κ1) is 9.72. The first-order valence-corrected chi connectivity index (χ1v) is 4.42. The monoisotopic (exact) mass is 173 g/mol. The molecule has 0 fully saturated rings. The van der Waals surface area contributed by atoms with Crippen LogP contribution in [0.3, 0.4) is 0 Å². The molecule has 0 N–H and O–H groups in total. The fraction of sp³-hybridized carbons (Fsp3) is 0.250. The minimum absolute atomic E-state index is 0.282. The predicted octanol–water partition coefficient (Wildman–Crippen LogP) is 3.18. The predicted molar refractivity (Wildman–Crippen MR) is 58.2 cm³/mol. The van der Waals surface area contributed by atoms with Gasteiger partial charge in [-0.2, -0.15) is 0 Å². The second kappa shape index (κ2) is 4.04. The van der Waals surface area contributed by atoms with Crippen LogP contribution in [-0.4, -0.2) is 6.21 Å². The first-order chi connectivity index (χ1) is 6.23. The van der Waals surface area contributed by atoms with Crippen LogP contribution in [0.1, 0.15) is 19.4 Å². The van der Waals surface area contributed by atoms with Gasteiger partial charge in [-0.15, -0.1) is 6.58 Å². The van der Waals surface area contributed by atoms with Crippen molar-refractivity contribution in [1.29, 1.82) is 0 Å². The van der Waals surface area contributed by atoms with Crippen molar-refractivity contribution < 1.29 is 0 Å². The molecule has 68 valence electrons. The molecule has 1 aromatic carbocycles. The minimum atomic E-state index is -0.282.